The highest BCUT2D eigenvalue weighted by Crippen LogP contribution is 2.30. The number of halogens is 2. The van der Waals surface area contributed by atoms with Crippen molar-refractivity contribution in [2.75, 3.05) is 0 Å². The van der Waals surface area contributed by atoms with Crippen molar-refractivity contribution < 1.29 is 8.78 Å². The lowest BCUT2D eigenvalue weighted by Crippen LogP contribution is -2.21. The molecule has 0 saturated heterocycles. The highest BCUT2D eigenvalue weighted by molar-refractivity contribution is 5.69. The summed E-state index contributed by atoms with van der Waals surface area (Å²) in [5, 5.41) is 3.33. The van der Waals surface area contributed by atoms with Gasteiger partial charge in [0.05, 0.1) is 5.56 Å². The Morgan fingerprint density at radius 1 is 1.00 bits per heavy atom. The molecule has 0 heterocycles. The molecule has 0 fully saturated rings. The Hall–Kier alpha value is -1.74. The second kappa shape index (κ2) is 6.35. The summed E-state index contributed by atoms with van der Waals surface area (Å²) in [7, 11) is 0. The van der Waals surface area contributed by atoms with Crippen molar-refractivity contribution in [1.82, 2.24) is 5.32 Å². The van der Waals surface area contributed by atoms with Gasteiger partial charge in [-0.1, -0.05) is 38.1 Å². The first kappa shape index (κ1) is 15.6. The predicted molar refractivity (Wildman–Crippen MR) is 83.2 cm³/mol. The molecule has 3 heteroatoms. The van der Waals surface area contributed by atoms with E-state index in [4.69, 9.17) is 0 Å². The van der Waals surface area contributed by atoms with Gasteiger partial charge in [-0.3, -0.25) is 0 Å². The smallest absolute Gasteiger partial charge is 0.136 e. The molecule has 0 aromatic heterocycles. The van der Waals surface area contributed by atoms with E-state index in [0.29, 0.717) is 17.2 Å². The van der Waals surface area contributed by atoms with Crippen LogP contribution in [-0.4, -0.2) is 6.04 Å². The number of aryl methyl sites for hydroxylation is 2. The quantitative estimate of drug-likeness (QED) is 0.856. The molecule has 2 rings (SSSR count). The summed E-state index contributed by atoms with van der Waals surface area (Å²) in [6.07, 6.45) is 0. The van der Waals surface area contributed by atoms with Gasteiger partial charge in [-0.25, -0.2) is 8.78 Å². The summed E-state index contributed by atoms with van der Waals surface area (Å²) in [4.78, 5) is 0. The molecular weight excluding hydrogens is 268 g/mol. The molecule has 0 aliphatic heterocycles. The van der Waals surface area contributed by atoms with Crippen LogP contribution < -0.4 is 5.32 Å². The molecule has 2 aromatic carbocycles. The highest BCUT2D eigenvalue weighted by Gasteiger charge is 2.15. The highest BCUT2D eigenvalue weighted by atomic mass is 19.1. The van der Waals surface area contributed by atoms with Gasteiger partial charge in [0.15, 0.2) is 0 Å². The van der Waals surface area contributed by atoms with Crippen LogP contribution >= 0.6 is 0 Å². The maximum atomic E-state index is 14.2. The largest absolute Gasteiger partial charge is 0.310 e. The lowest BCUT2D eigenvalue weighted by atomic mass is 9.96. The first-order valence-electron chi connectivity index (χ1n) is 7.18. The van der Waals surface area contributed by atoms with Crippen molar-refractivity contribution in [1.29, 1.82) is 0 Å². The minimum Gasteiger partial charge on any atom is -0.310 e. The molecule has 0 bridgehead atoms. The fourth-order valence-corrected chi connectivity index (χ4v) is 2.34. The minimum atomic E-state index is -0.519. The van der Waals surface area contributed by atoms with E-state index in [1.54, 1.807) is 13.0 Å². The molecule has 0 spiro atoms. The normalized spacial score (nSPS) is 11.2. The van der Waals surface area contributed by atoms with Gasteiger partial charge in [0.1, 0.15) is 11.6 Å². The topological polar surface area (TPSA) is 12.0 Å². The van der Waals surface area contributed by atoms with E-state index < -0.39 is 11.6 Å². The van der Waals surface area contributed by atoms with E-state index in [9.17, 15) is 8.78 Å². The minimum absolute atomic E-state index is 0.0656. The van der Waals surface area contributed by atoms with Crippen molar-refractivity contribution >= 4 is 0 Å². The van der Waals surface area contributed by atoms with E-state index in [2.05, 4.69) is 19.2 Å². The van der Waals surface area contributed by atoms with Crippen LogP contribution in [0.1, 0.15) is 30.5 Å². The van der Waals surface area contributed by atoms with E-state index in [1.165, 1.54) is 12.1 Å². The second-order valence-electron chi connectivity index (χ2n) is 5.74. The summed E-state index contributed by atoms with van der Waals surface area (Å²) < 4.78 is 28.2. The van der Waals surface area contributed by atoms with Crippen LogP contribution in [0.3, 0.4) is 0 Å². The van der Waals surface area contributed by atoms with Crippen LogP contribution in [0, 0.1) is 25.5 Å². The molecule has 112 valence electrons. The number of hydrogen-bond donors (Lipinski definition) is 1. The fraction of sp³-hybridized carbons (Fsp3) is 0.333. The molecule has 0 aliphatic rings. The molecule has 21 heavy (non-hydrogen) atoms. The number of nitrogens with one attached hydrogen (secondary N) is 1. The molecule has 1 N–H and O–H groups in total. The monoisotopic (exact) mass is 289 g/mol. The zero-order chi connectivity index (χ0) is 15.6. The van der Waals surface area contributed by atoms with E-state index in [1.807, 2.05) is 19.1 Å². The molecule has 0 amide bonds. The summed E-state index contributed by atoms with van der Waals surface area (Å²) in [5.41, 5.74) is 3.12. The third-order valence-corrected chi connectivity index (χ3v) is 3.56. The first-order valence-corrected chi connectivity index (χ1v) is 7.18. The Labute approximate surface area is 125 Å². The fourth-order valence-electron chi connectivity index (χ4n) is 2.34. The van der Waals surface area contributed by atoms with Crippen LogP contribution in [0.4, 0.5) is 8.78 Å². The molecule has 1 nitrogen and oxygen atoms in total. The van der Waals surface area contributed by atoms with Gasteiger partial charge in [0.25, 0.3) is 0 Å². The van der Waals surface area contributed by atoms with E-state index in [0.717, 1.165) is 17.7 Å². The van der Waals surface area contributed by atoms with Crippen LogP contribution in [0.25, 0.3) is 11.1 Å². The van der Waals surface area contributed by atoms with Crippen LogP contribution in [0.2, 0.25) is 0 Å². The van der Waals surface area contributed by atoms with Crippen molar-refractivity contribution in [3.8, 4) is 11.1 Å². The summed E-state index contributed by atoms with van der Waals surface area (Å²) in [6.45, 7) is 8.44. The average molecular weight is 289 g/mol. The lowest BCUT2D eigenvalue weighted by Gasteiger charge is -2.13. The van der Waals surface area contributed by atoms with Crippen LogP contribution in [-0.2, 0) is 6.54 Å². The zero-order valence-electron chi connectivity index (χ0n) is 12.9. The standard InChI is InChI=1S/C18H21F2N/c1-11(2)21-10-14-6-7-15(13(4)9-14)17-16(19)8-5-12(3)18(17)20/h5-9,11,21H,10H2,1-4H3. The van der Waals surface area contributed by atoms with Crippen molar-refractivity contribution in [3.05, 3.63) is 58.7 Å². The maximum absolute atomic E-state index is 14.2. The third-order valence-electron chi connectivity index (χ3n) is 3.56. The molecule has 0 radical (unpaired) electrons. The Balaban J connectivity index is 2.40. The maximum Gasteiger partial charge on any atom is 0.136 e. The number of rotatable bonds is 4. The van der Waals surface area contributed by atoms with Gasteiger partial charge in [0, 0.05) is 12.6 Å². The summed E-state index contributed by atoms with van der Waals surface area (Å²) in [5.74, 6) is -1.000. The van der Waals surface area contributed by atoms with Crippen LogP contribution in [0.5, 0.6) is 0 Å². The zero-order valence-corrected chi connectivity index (χ0v) is 12.9. The van der Waals surface area contributed by atoms with Crippen LogP contribution in [0.15, 0.2) is 30.3 Å². The first-order chi connectivity index (χ1) is 9.90. The van der Waals surface area contributed by atoms with Gasteiger partial charge in [-0.2, -0.15) is 0 Å². The number of hydrogen-bond acceptors (Lipinski definition) is 1. The molecule has 2 aromatic rings. The Bertz CT molecular complexity index is 648. The number of benzene rings is 2. The summed E-state index contributed by atoms with van der Waals surface area (Å²) in [6, 6.07) is 8.88. The molecule has 0 aliphatic carbocycles. The van der Waals surface area contributed by atoms with Gasteiger partial charge in [0.2, 0.25) is 0 Å². The molecular formula is C18H21F2N. The van der Waals surface area contributed by atoms with Crippen molar-refractivity contribution in [2.24, 2.45) is 0 Å². The Morgan fingerprint density at radius 3 is 2.33 bits per heavy atom. The van der Waals surface area contributed by atoms with E-state index in [-0.39, 0.29) is 5.56 Å². The SMILES string of the molecule is Cc1cc(CNC(C)C)ccc1-c1c(F)ccc(C)c1F. The lowest BCUT2D eigenvalue weighted by molar-refractivity contribution is 0.583. The molecule has 0 unspecified atom stereocenters. The van der Waals surface area contributed by atoms with Crippen molar-refractivity contribution in [2.45, 2.75) is 40.3 Å². The predicted octanol–water partition coefficient (Wildman–Crippen LogP) is 4.75. The van der Waals surface area contributed by atoms with Gasteiger partial charge >= 0.3 is 0 Å². The average Bonchev–Trinajstić information content (AvgIpc) is 2.43. The molecule has 0 atom stereocenters. The summed E-state index contributed by atoms with van der Waals surface area (Å²) >= 11 is 0. The van der Waals surface area contributed by atoms with E-state index >= 15 is 0 Å². The van der Waals surface area contributed by atoms with Gasteiger partial charge in [-0.15, -0.1) is 0 Å². The van der Waals surface area contributed by atoms with Crippen molar-refractivity contribution in [3.63, 3.8) is 0 Å². The molecule has 0 saturated carbocycles. The Morgan fingerprint density at radius 2 is 1.71 bits per heavy atom. The second-order valence-corrected chi connectivity index (χ2v) is 5.74. The third kappa shape index (κ3) is 3.48. The van der Waals surface area contributed by atoms with Gasteiger partial charge < -0.3 is 5.32 Å². The Kier molecular flexibility index (Phi) is 4.73. The van der Waals surface area contributed by atoms with Gasteiger partial charge in [-0.05, 0) is 42.2 Å².